The molecule has 3 aromatic rings. The third-order valence-electron chi connectivity index (χ3n) is 3.60. The van der Waals surface area contributed by atoms with Crippen LogP contribution in [0.15, 0.2) is 53.1 Å². The monoisotopic (exact) mass is 316 g/mol. The number of hydrogen-bond donors (Lipinski definition) is 1. The Kier molecular flexibility index (Phi) is 4.43. The first kappa shape index (κ1) is 15.3. The normalized spacial score (nSPS) is 12.3. The van der Waals surface area contributed by atoms with Gasteiger partial charge in [0.15, 0.2) is 6.54 Å². The quantitative estimate of drug-likeness (QED) is 0.787. The number of rotatable bonds is 5. The summed E-state index contributed by atoms with van der Waals surface area (Å²) in [5.41, 5.74) is 1.31. The Hall–Kier alpha value is -2.60. The average molecular weight is 316 g/mol. The van der Waals surface area contributed by atoms with E-state index in [2.05, 4.69) is 10.1 Å². The van der Waals surface area contributed by atoms with Gasteiger partial charge in [-0.3, -0.25) is 0 Å². The summed E-state index contributed by atoms with van der Waals surface area (Å²) in [4.78, 5) is 4.32. The lowest BCUT2D eigenvalue weighted by Crippen LogP contribution is -2.83. The summed E-state index contributed by atoms with van der Waals surface area (Å²) < 4.78 is 31.9. The van der Waals surface area contributed by atoms with Crippen molar-refractivity contribution in [2.45, 2.75) is 19.5 Å². The molecule has 3 rings (SSSR count). The maximum Gasteiger partial charge on any atom is 0.282 e. The van der Waals surface area contributed by atoms with Crippen LogP contribution in [0.4, 0.5) is 8.78 Å². The van der Waals surface area contributed by atoms with Crippen LogP contribution in [-0.4, -0.2) is 10.1 Å². The van der Waals surface area contributed by atoms with Gasteiger partial charge in [-0.25, -0.2) is 8.78 Å². The first-order chi connectivity index (χ1) is 11.1. The van der Waals surface area contributed by atoms with Crippen molar-refractivity contribution in [3.05, 3.63) is 71.6 Å². The van der Waals surface area contributed by atoms with Gasteiger partial charge in [-0.1, -0.05) is 35.5 Å². The van der Waals surface area contributed by atoms with Gasteiger partial charge >= 0.3 is 0 Å². The van der Waals surface area contributed by atoms with Crippen molar-refractivity contribution in [3.63, 3.8) is 0 Å². The molecule has 1 heterocycles. The van der Waals surface area contributed by atoms with Crippen LogP contribution in [0.25, 0.3) is 11.4 Å². The van der Waals surface area contributed by atoms with Gasteiger partial charge in [-0.15, -0.1) is 0 Å². The van der Waals surface area contributed by atoms with Gasteiger partial charge in [0.2, 0.25) is 5.82 Å². The molecule has 23 heavy (non-hydrogen) atoms. The summed E-state index contributed by atoms with van der Waals surface area (Å²) in [6.45, 7) is 2.25. The summed E-state index contributed by atoms with van der Waals surface area (Å²) in [6.07, 6.45) is 0. The molecular weight excluding hydrogens is 300 g/mol. The number of nitrogens with zero attached hydrogens (tertiary/aromatic N) is 2. The van der Waals surface area contributed by atoms with Crippen molar-refractivity contribution in [1.82, 2.24) is 10.1 Å². The number of halogens is 2. The fourth-order valence-corrected chi connectivity index (χ4v) is 2.32. The van der Waals surface area contributed by atoms with Gasteiger partial charge in [-0.2, -0.15) is 4.98 Å². The van der Waals surface area contributed by atoms with Crippen molar-refractivity contribution < 1.29 is 18.6 Å². The largest absolute Gasteiger partial charge is 0.333 e. The van der Waals surface area contributed by atoms with Gasteiger partial charge in [0.25, 0.3) is 5.89 Å². The molecule has 0 saturated carbocycles. The zero-order valence-electron chi connectivity index (χ0n) is 12.5. The highest BCUT2D eigenvalue weighted by Gasteiger charge is 2.16. The Morgan fingerprint density at radius 1 is 1.13 bits per heavy atom. The molecule has 4 nitrogen and oxygen atoms in total. The zero-order chi connectivity index (χ0) is 16.2. The average Bonchev–Trinajstić information content (AvgIpc) is 3.02. The number of nitrogens with two attached hydrogens (primary N) is 1. The van der Waals surface area contributed by atoms with E-state index in [1.54, 1.807) is 0 Å². The van der Waals surface area contributed by atoms with Crippen molar-refractivity contribution >= 4 is 0 Å². The number of benzene rings is 2. The second kappa shape index (κ2) is 6.66. The van der Waals surface area contributed by atoms with Crippen LogP contribution in [0.3, 0.4) is 0 Å². The van der Waals surface area contributed by atoms with Crippen LogP contribution in [0.2, 0.25) is 0 Å². The molecule has 0 saturated heterocycles. The van der Waals surface area contributed by atoms with Crippen molar-refractivity contribution in [2.24, 2.45) is 0 Å². The number of aromatic nitrogens is 2. The molecule has 0 radical (unpaired) electrons. The van der Waals surface area contributed by atoms with Crippen LogP contribution in [0, 0.1) is 11.6 Å². The van der Waals surface area contributed by atoms with E-state index in [0.717, 1.165) is 11.6 Å². The Balaban J connectivity index is 1.65. The lowest BCUT2D eigenvalue weighted by Gasteiger charge is -2.10. The molecule has 0 spiro atoms. The fraction of sp³-hybridized carbons (Fsp3) is 0.176. The highest BCUT2D eigenvalue weighted by Crippen LogP contribution is 2.16. The first-order valence-electron chi connectivity index (χ1n) is 7.30. The Morgan fingerprint density at radius 3 is 2.65 bits per heavy atom. The molecule has 0 aliphatic heterocycles. The molecule has 1 atom stereocenters. The lowest BCUT2D eigenvalue weighted by molar-refractivity contribution is -0.710. The summed E-state index contributed by atoms with van der Waals surface area (Å²) in [7, 11) is 0. The molecule has 0 aliphatic carbocycles. The second-order valence-electron chi connectivity index (χ2n) is 5.27. The number of quaternary nitrogens is 1. The van der Waals surface area contributed by atoms with Gasteiger partial charge in [0, 0.05) is 17.2 Å². The van der Waals surface area contributed by atoms with E-state index >= 15 is 0 Å². The summed E-state index contributed by atoms with van der Waals surface area (Å²) in [6, 6.07) is 12.9. The van der Waals surface area contributed by atoms with Gasteiger partial charge in [0.05, 0.1) is 0 Å². The minimum absolute atomic E-state index is 0.192. The summed E-state index contributed by atoms with van der Waals surface area (Å²) >= 11 is 0. The van der Waals surface area contributed by atoms with Crippen molar-refractivity contribution in [1.29, 1.82) is 0 Å². The zero-order valence-corrected chi connectivity index (χ0v) is 12.5. The van der Waals surface area contributed by atoms with Crippen LogP contribution in [-0.2, 0) is 6.54 Å². The minimum atomic E-state index is -0.581. The third-order valence-corrected chi connectivity index (χ3v) is 3.60. The topological polar surface area (TPSA) is 55.5 Å². The third kappa shape index (κ3) is 3.60. The Labute approximate surface area is 132 Å². The van der Waals surface area contributed by atoms with Crippen LogP contribution < -0.4 is 5.32 Å². The smallest absolute Gasteiger partial charge is 0.282 e. The van der Waals surface area contributed by atoms with E-state index in [0.29, 0.717) is 23.8 Å². The predicted molar refractivity (Wildman–Crippen MR) is 80.1 cm³/mol. The second-order valence-corrected chi connectivity index (χ2v) is 5.27. The molecule has 0 aliphatic rings. The maximum absolute atomic E-state index is 13.7. The maximum atomic E-state index is 13.7. The predicted octanol–water partition coefficient (Wildman–Crippen LogP) is 2.84. The van der Waals surface area contributed by atoms with Gasteiger partial charge in [0.1, 0.15) is 17.7 Å². The Morgan fingerprint density at radius 2 is 1.91 bits per heavy atom. The van der Waals surface area contributed by atoms with Crippen LogP contribution >= 0.6 is 0 Å². The highest BCUT2D eigenvalue weighted by molar-refractivity contribution is 5.53. The van der Waals surface area contributed by atoms with Gasteiger partial charge in [-0.05, 0) is 19.1 Å². The van der Waals surface area contributed by atoms with Crippen LogP contribution in [0.5, 0.6) is 0 Å². The summed E-state index contributed by atoms with van der Waals surface area (Å²) in [5, 5.41) is 5.80. The van der Waals surface area contributed by atoms with Crippen LogP contribution in [0.1, 0.15) is 24.4 Å². The Bertz CT molecular complexity index is 790. The standard InChI is InChI=1S/C17H15F2N3O/c1-11(14-8-7-13(18)9-15(14)19)20-10-16-21-17(22-23-16)12-5-3-2-4-6-12/h2-9,11,20H,10H2,1H3/p+1/t11-/m1/s1. The molecule has 0 fully saturated rings. The molecule has 2 N–H and O–H groups in total. The molecule has 0 amide bonds. The molecular formula is C17H16F2N3O+. The van der Waals surface area contributed by atoms with E-state index in [-0.39, 0.29) is 6.04 Å². The number of hydrogen-bond acceptors (Lipinski definition) is 3. The molecule has 0 unspecified atom stereocenters. The van der Waals surface area contributed by atoms with Crippen molar-refractivity contribution in [2.75, 3.05) is 0 Å². The van der Waals surface area contributed by atoms with Gasteiger partial charge < -0.3 is 9.84 Å². The molecule has 2 aromatic carbocycles. The van der Waals surface area contributed by atoms with E-state index in [4.69, 9.17) is 4.52 Å². The van der Waals surface area contributed by atoms with E-state index < -0.39 is 11.6 Å². The molecule has 1 aromatic heterocycles. The molecule has 6 heteroatoms. The van der Waals surface area contributed by atoms with E-state index in [1.807, 2.05) is 42.6 Å². The van der Waals surface area contributed by atoms with E-state index in [9.17, 15) is 8.78 Å². The summed E-state index contributed by atoms with van der Waals surface area (Å²) in [5.74, 6) is -0.153. The fourth-order valence-electron chi connectivity index (χ4n) is 2.32. The highest BCUT2D eigenvalue weighted by atomic mass is 19.1. The van der Waals surface area contributed by atoms with Crippen molar-refractivity contribution in [3.8, 4) is 11.4 Å². The molecule has 0 bridgehead atoms. The van der Waals surface area contributed by atoms with E-state index in [1.165, 1.54) is 12.1 Å². The molecule has 118 valence electrons. The minimum Gasteiger partial charge on any atom is -0.333 e. The lowest BCUT2D eigenvalue weighted by atomic mass is 10.1. The first-order valence-corrected chi connectivity index (χ1v) is 7.30. The SMILES string of the molecule is C[C@@H]([NH2+]Cc1nc(-c2ccccc2)no1)c1ccc(F)cc1F.